The normalized spacial score (nSPS) is 17.5. The lowest BCUT2D eigenvalue weighted by Crippen LogP contribution is -2.45. The maximum absolute atomic E-state index is 12.4. The first-order valence-electron chi connectivity index (χ1n) is 6.16. The summed E-state index contributed by atoms with van der Waals surface area (Å²) in [7, 11) is 3.13. The number of nitrogens with two attached hydrogens (primary N) is 1. The Bertz CT molecular complexity index is 450. The van der Waals surface area contributed by atoms with Gasteiger partial charge in [0.1, 0.15) is 0 Å². The molecule has 0 spiro atoms. The van der Waals surface area contributed by atoms with Crippen molar-refractivity contribution in [3.05, 3.63) is 23.8 Å². The molecule has 2 N–H and O–H groups in total. The summed E-state index contributed by atoms with van der Waals surface area (Å²) < 4.78 is 10.4. The molecular formula is C14H19NO3. The van der Waals surface area contributed by atoms with Gasteiger partial charge in [-0.25, -0.2) is 0 Å². The van der Waals surface area contributed by atoms with Gasteiger partial charge in [-0.2, -0.15) is 0 Å². The minimum atomic E-state index is -0.695. The SMILES string of the molecule is COc1ccc(C(=O)C2(N)CCCC2)cc1OC. The Morgan fingerprint density at radius 3 is 2.33 bits per heavy atom. The molecule has 1 aromatic rings. The average molecular weight is 249 g/mol. The number of hydrogen-bond acceptors (Lipinski definition) is 4. The van der Waals surface area contributed by atoms with Gasteiger partial charge < -0.3 is 15.2 Å². The van der Waals surface area contributed by atoms with Gasteiger partial charge in [-0.15, -0.1) is 0 Å². The van der Waals surface area contributed by atoms with Gasteiger partial charge in [-0.3, -0.25) is 4.79 Å². The van der Waals surface area contributed by atoms with Gasteiger partial charge in [0.15, 0.2) is 17.3 Å². The molecule has 4 heteroatoms. The van der Waals surface area contributed by atoms with E-state index in [0.29, 0.717) is 17.1 Å². The third-order valence-electron chi connectivity index (χ3n) is 3.59. The van der Waals surface area contributed by atoms with Gasteiger partial charge in [-0.05, 0) is 31.0 Å². The van der Waals surface area contributed by atoms with Crippen LogP contribution in [0.3, 0.4) is 0 Å². The van der Waals surface area contributed by atoms with Gasteiger partial charge in [0.2, 0.25) is 0 Å². The van der Waals surface area contributed by atoms with E-state index in [1.54, 1.807) is 32.4 Å². The van der Waals surface area contributed by atoms with Crippen LogP contribution in [0.25, 0.3) is 0 Å². The highest BCUT2D eigenvalue weighted by atomic mass is 16.5. The van der Waals surface area contributed by atoms with Crippen molar-refractivity contribution in [1.82, 2.24) is 0 Å². The number of rotatable bonds is 4. The third kappa shape index (κ3) is 2.20. The van der Waals surface area contributed by atoms with Crippen LogP contribution in [0, 0.1) is 0 Å². The smallest absolute Gasteiger partial charge is 0.182 e. The average Bonchev–Trinajstić information content (AvgIpc) is 2.85. The molecule has 0 amide bonds. The van der Waals surface area contributed by atoms with Gasteiger partial charge in [0.05, 0.1) is 19.8 Å². The topological polar surface area (TPSA) is 61.5 Å². The monoisotopic (exact) mass is 249 g/mol. The molecule has 1 aliphatic carbocycles. The van der Waals surface area contributed by atoms with Crippen LogP contribution in [0.15, 0.2) is 18.2 Å². The number of carbonyl (C=O) groups is 1. The second-order valence-corrected chi connectivity index (χ2v) is 4.76. The first kappa shape index (κ1) is 12.9. The Balaban J connectivity index is 2.31. The lowest BCUT2D eigenvalue weighted by Gasteiger charge is -2.22. The molecule has 2 rings (SSSR count). The van der Waals surface area contributed by atoms with Crippen LogP contribution in [0.1, 0.15) is 36.0 Å². The van der Waals surface area contributed by atoms with Crippen LogP contribution in [-0.2, 0) is 0 Å². The standard InChI is InChI=1S/C14H19NO3/c1-17-11-6-5-10(9-12(11)18-2)13(16)14(15)7-3-4-8-14/h5-6,9H,3-4,7-8,15H2,1-2H3. The Hall–Kier alpha value is -1.55. The van der Waals surface area contributed by atoms with E-state index in [1.165, 1.54) is 0 Å². The summed E-state index contributed by atoms with van der Waals surface area (Å²) in [5.41, 5.74) is 6.07. The molecule has 98 valence electrons. The van der Waals surface area contributed by atoms with E-state index in [0.717, 1.165) is 25.7 Å². The molecule has 0 aromatic heterocycles. The zero-order valence-corrected chi connectivity index (χ0v) is 10.9. The summed E-state index contributed by atoms with van der Waals surface area (Å²) in [6, 6.07) is 5.19. The highest BCUT2D eigenvalue weighted by Crippen LogP contribution is 2.33. The highest BCUT2D eigenvalue weighted by molar-refractivity contribution is 6.03. The van der Waals surface area contributed by atoms with E-state index in [4.69, 9.17) is 15.2 Å². The third-order valence-corrected chi connectivity index (χ3v) is 3.59. The fourth-order valence-corrected chi connectivity index (χ4v) is 2.50. The molecule has 18 heavy (non-hydrogen) atoms. The predicted octanol–water partition coefficient (Wildman–Crippen LogP) is 2.16. The van der Waals surface area contributed by atoms with E-state index in [9.17, 15) is 4.79 Å². The first-order valence-corrected chi connectivity index (χ1v) is 6.16. The van der Waals surface area contributed by atoms with Crippen molar-refractivity contribution in [2.75, 3.05) is 14.2 Å². The van der Waals surface area contributed by atoms with Gasteiger partial charge >= 0.3 is 0 Å². The number of benzene rings is 1. The molecule has 0 heterocycles. The van der Waals surface area contributed by atoms with E-state index in [2.05, 4.69) is 0 Å². The van der Waals surface area contributed by atoms with Crippen molar-refractivity contribution in [2.24, 2.45) is 5.73 Å². The van der Waals surface area contributed by atoms with Crippen LogP contribution in [0.4, 0.5) is 0 Å². The zero-order valence-electron chi connectivity index (χ0n) is 10.9. The molecule has 0 bridgehead atoms. The van der Waals surface area contributed by atoms with E-state index >= 15 is 0 Å². The fourth-order valence-electron chi connectivity index (χ4n) is 2.50. The highest BCUT2D eigenvalue weighted by Gasteiger charge is 2.37. The van der Waals surface area contributed by atoms with Crippen molar-refractivity contribution < 1.29 is 14.3 Å². The van der Waals surface area contributed by atoms with Crippen LogP contribution in [-0.4, -0.2) is 25.5 Å². The molecule has 0 unspecified atom stereocenters. The second-order valence-electron chi connectivity index (χ2n) is 4.76. The molecule has 1 aliphatic rings. The number of Topliss-reactive ketones (excluding diaryl/α,β-unsaturated/α-hetero) is 1. The predicted molar refractivity (Wildman–Crippen MR) is 69.3 cm³/mol. The molecule has 1 aromatic carbocycles. The van der Waals surface area contributed by atoms with E-state index in [1.807, 2.05) is 0 Å². The van der Waals surface area contributed by atoms with Crippen molar-refractivity contribution in [1.29, 1.82) is 0 Å². The van der Waals surface area contributed by atoms with Crippen molar-refractivity contribution in [2.45, 2.75) is 31.2 Å². The Labute approximate surface area is 107 Å². The van der Waals surface area contributed by atoms with E-state index < -0.39 is 5.54 Å². The van der Waals surface area contributed by atoms with Crippen LogP contribution < -0.4 is 15.2 Å². The molecule has 0 atom stereocenters. The van der Waals surface area contributed by atoms with Crippen molar-refractivity contribution in [3.8, 4) is 11.5 Å². The number of hydrogen-bond donors (Lipinski definition) is 1. The summed E-state index contributed by atoms with van der Waals surface area (Å²) in [5.74, 6) is 1.18. The molecule has 0 saturated heterocycles. The first-order chi connectivity index (χ1) is 8.60. The number of methoxy groups -OCH3 is 2. The summed E-state index contributed by atoms with van der Waals surface area (Å²) in [6.45, 7) is 0. The lowest BCUT2D eigenvalue weighted by molar-refractivity contribution is 0.0891. The van der Waals surface area contributed by atoms with Crippen LogP contribution >= 0.6 is 0 Å². The summed E-state index contributed by atoms with van der Waals surface area (Å²) >= 11 is 0. The van der Waals surface area contributed by atoms with Crippen molar-refractivity contribution in [3.63, 3.8) is 0 Å². The molecule has 0 radical (unpaired) electrons. The van der Waals surface area contributed by atoms with Crippen LogP contribution in [0.2, 0.25) is 0 Å². The largest absolute Gasteiger partial charge is 0.493 e. The molecular weight excluding hydrogens is 230 g/mol. The summed E-state index contributed by atoms with van der Waals surface area (Å²) in [4.78, 5) is 12.4. The number of ketones is 1. The number of carbonyl (C=O) groups excluding carboxylic acids is 1. The summed E-state index contributed by atoms with van der Waals surface area (Å²) in [6.07, 6.45) is 3.57. The Morgan fingerprint density at radius 2 is 1.78 bits per heavy atom. The number of ether oxygens (including phenoxy) is 2. The zero-order chi connectivity index (χ0) is 13.2. The maximum atomic E-state index is 12.4. The van der Waals surface area contributed by atoms with Gasteiger partial charge in [0, 0.05) is 5.56 Å². The Morgan fingerprint density at radius 1 is 1.17 bits per heavy atom. The molecule has 4 nitrogen and oxygen atoms in total. The molecule has 0 aliphatic heterocycles. The molecule has 1 fully saturated rings. The fraction of sp³-hybridized carbons (Fsp3) is 0.500. The maximum Gasteiger partial charge on any atom is 0.182 e. The van der Waals surface area contributed by atoms with Crippen molar-refractivity contribution >= 4 is 5.78 Å². The quantitative estimate of drug-likeness (QED) is 0.831. The lowest BCUT2D eigenvalue weighted by atomic mass is 9.88. The van der Waals surface area contributed by atoms with Crippen LogP contribution in [0.5, 0.6) is 11.5 Å². The van der Waals surface area contributed by atoms with Gasteiger partial charge in [-0.1, -0.05) is 12.8 Å². The van der Waals surface area contributed by atoms with Gasteiger partial charge in [0.25, 0.3) is 0 Å². The summed E-state index contributed by atoms with van der Waals surface area (Å²) in [5, 5.41) is 0. The Kier molecular flexibility index (Phi) is 3.57. The van der Waals surface area contributed by atoms with E-state index in [-0.39, 0.29) is 5.78 Å². The molecule has 1 saturated carbocycles. The minimum Gasteiger partial charge on any atom is -0.493 e. The minimum absolute atomic E-state index is 0.000882. The second kappa shape index (κ2) is 4.98.